The van der Waals surface area contributed by atoms with E-state index in [4.69, 9.17) is 4.74 Å². The molecule has 0 aromatic carbocycles. The molecule has 3 nitrogen and oxygen atoms in total. The predicted octanol–water partition coefficient (Wildman–Crippen LogP) is 3.22. The van der Waals surface area contributed by atoms with Gasteiger partial charge in [0.05, 0.1) is 17.2 Å². The summed E-state index contributed by atoms with van der Waals surface area (Å²) in [5, 5.41) is 6.26. The number of ether oxygens (including phenoxy) is 1. The summed E-state index contributed by atoms with van der Waals surface area (Å²) in [4.78, 5) is 11.3. The monoisotopic (exact) mass is 285 g/mol. The van der Waals surface area contributed by atoms with Gasteiger partial charge in [0.1, 0.15) is 0 Å². The molecular weight excluding hydrogens is 266 g/mol. The molecule has 0 bridgehead atoms. The van der Waals surface area contributed by atoms with E-state index in [0.29, 0.717) is 30.9 Å². The lowest BCUT2D eigenvalue weighted by Gasteiger charge is -2.27. The fourth-order valence-electron chi connectivity index (χ4n) is 2.12. The van der Waals surface area contributed by atoms with Crippen LogP contribution in [0.3, 0.4) is 0 Å². The normalized spacial score (nSPS) is 22.6. The van der Waals surface area contributed by atoms with Gasteiger partial charge in [0.15, 0.2) is 0 Å². The van der Waals surface area contributed by atoms with E-state index in [0.717, 1.165) is 6.42 Å². The van der Waals surface area contributed by atoms with Crippen LogP contribution in [0.25, 0.3) is 0 Å². The van der Waals surface area contributed by atoms with E-state index in [-0.39, 0.29) is 5.97 Å². The first-order valence-electron chi connectivity index (χ1n) is 6.33. The molecule has 18 heavy (non-hydrogen) atoms. The molecule has 1 aromatic heterocycles. The van der Waals surface area contributed by atoms with Crippen molar-refractivity contribution in [1.29, 1.82) is 0 Å². The zero-order valence-electron chi connectivity index (χ0n) is 10.8. The highest BCUT2D eigenvalue weighted by Gasteiger charge is 2.25. The van der Waals surface area contributed by atoms with E-state index >= 15 is 0 Å². The zero-order chi connectivity index (χ0) is 13.0. The van der Waals surface area contributed by atoms with Crippen molar-refractivity contribution in [2.75, 3.05) is 13.2 Å². The predicted molar refractivity (Wildman–Crippen MR) is 76.2 cm³/mol. The third kappa shape index (κ3) is 3.49. The maximum absolute atomic E-state index is 11.3. The summed E-state index contributed by atoms with van der Waals surface area (Å²) in [5.41, 5.74) is 1.40. The number of nitrogens with one attached hydrogen (secondary N) is 1. The number of thioether (sulfide) groups is 1. The fourth-order valence-corrected chi connectivity index (χ4v) is 4.69. The van der Waals surface area contributed by atoms with Crippen molar-refractivity contribution in [2.24, 2.45) is 0 Å². The van der Waals surface area contributed by atoms with Crippen LogP contribution in [0.15, 0.2) is 15.7 Å². The molecule has 2 atom stereocenters. The Kier molecular flexibility index (Phi) is 5.09. The Labute approximate surface area is 116 Å². The summed E-state index contributed by atoms with van der Waals surface area (Å²) < 4.78 is 6.34. The third-order valence-corrected chi connectivity index (χ3v) is 5.28. The van der Waals surface area contributed by atoms with Crippen LogP contribution in [-0.2, 0) is 9.53 Å². The van der Waals surface area contributed by atoms with Gasteiger partial charge < -0.3 is 10.1 Å². The second kappa shape index (κ2) is 6.59. The molecule has 0 spiro atoms. The number of rotatable bonds is 5. The van der Waals surface area contributed by atoms with Crippen LogP contribution < -0.4 is 5.32 Å². The molecule has 100 valence electrons. The SMILES string of the molecule is CCOC(=O)CCNC1C[C@H](C)Sc2sccc21. The van der Waals surface area contributed by atoms with Crippen LogP contribution in [0.2, 0.25) is 0 Å². The molecular formula is C13H19NO2S2. The van der Waals surface area contributed by atoms with Crippen molar-refractivity contribution >= 4 is 29.1 Å². The van der Waals surface area contributed by atoms with Gasteiger partial charge in [-0.1, -0.05) is 6.92 Å². The number of hydrogen-bond acceptors (Lipinski definition) is 5. The molecule has 5 heteroatoms. The Morgan fingerprint density at radius 3 is 3.22 bits per heavy atom. The highest BCUT2D eigenvalue weighted by atomic mass is 32.2. The Bertz CT molecular complexity index is 405. The lowest BCUT2D eigenvalue weighted by molar-refractivity contribution is -0.143. The maximum Gasteiger partial charge on any atom is 0.307 e. The van der Waals surface area contributed by atoms with E-state index in [2.05, 4.69) is 23.7 Å². The molecule has 1 aliphatic rings. The average Bonchev–Trinajstić information content (AvgIpc) is 2.77. The summed E-state index contributed by atoms with van der Waals surface area (Å²) in [6.45, 7) is 5.25. The van der Waals surface area contributed by atoms with E-state index in [1.54, 1.807) is 0 Å². The lowest BCUT2D eigenvalue weighted by Crippen LogP contribution is -2.28. The molecule has 0 fully saturated rings. The molecule has 2 heterocycles. The molecule has 1 unspecified atom stereocenters. The first kappa shape index (κ1) is 13.9. The summed E-state index contributed by atoms with van der Waals surface area (Å²) in [6, 6.07) is 2.58. The van der Waals surface area contributed by atoms with E-state index in [9.17, 15) is 4.79 Å². The van der Waals surface area contributed by atoms with Crippen molar-refractivity contribution in [3.8, 4) is 0 Å². The molecule has 0 radical (unpaired) electrons. The highest BCUT2D eigenvalue weighted by molar-refractivity contribution is 8.01. The Hall–Kier alpha value is -0.520. The van der Waals surface area contributed by atoms with Gasteiger partial charge >= 0.3 is 5.97 Å². The van der Waals surface area contributed by atoms with Crippen LogP contribution in [0.5, 0.6) is 0 Å². The number of esters is 1. The van der Waals surface area contributed by atoms with Crippen LogP contribution >= 0.6 is 23.1 Å². The molecule has 2 rings (SSSR count). The molecule has 1 aromatic rings. The summed E-state index contributed by atoms with van der Waals surface area (Å²) in [5.74, 6) is -0.117. The lowest BCUT2D eigenvalue weighted by atomic mass is 10.0. The molecule has 0 saturated heterocycles. The van der Waals surface area contributed by atoms with Gasteiger partial charge in [0.25, 0.3) is 0 Å². The van der Waals surface area contributed by atoms with Crippen LogP contribution in [0, 0.1) is 0 Å². The van der Waals surface area contributed by atoms with Crippen molar-refractivity contribution in [1.82, 2.24) is 5.32 Å². The highest BCUT2D eigenvalue weighted by Crippen LogP contribution is 2.43. The fraction of sp³-hybridized carbons (Fsp3) is 0.615. The third-order valence-electron chi connectivity index (χ3n) is 2.93. The smallest absolute Gasteiger partial charge is 0.307 e. The Morgan fingerprint density at radius 2 is 2.44 bits per heavy atom. The number of carbonyl (C=O) groups is 1. The number of fused-ring (bicyclic) bond motifs is 1. The minimum atomic E-state index is -0.117. The molecule has 0 amide bonds. The average molecular weight is 285 g/mol. The molecule has 0 saturated carbocycles. The van der Waals surface area contributed by atoms with E-state index in [1.807, 2.05) is 30.0 Å². The summed E-state index contributed by atoms with van der Waals surface area (Å²) in [7, 11) is 0. The van der Waals surface area contributed by atoms with E-state index < -0.39 is 0 Å². The Morgan fingerprint density at radius 1 is 1.61 bits per heavy atom. The van der Waals surface area contributed by atoms with Crippen molar-refractivity contribution < 1.29 is 9.53 Å². The van der Waals surface area contributed by atoms with Gasteiger partial charge in [-0.05, 0) is 30.4 Å². The van der Waals surface area contributed by atoms with Crippen molar-refractivity contribution in [3.63, 3.8) is 0 Å². The Balaban J connectivity index is 1.85. The first-order valence-corrected chi connectivity index (χ1v) is 8.09. The minimum Gasteiger partial charge on any atom is -0.466 e. The molecule has 1 aliphatic heterocycles. The molecule has 0 aliphatic carbocycles. The maximum atomic E-state index is 11.3. The van der Waals surface area contributed by atoms with Crippen molar-refractivity contribution in [3.05, 3.63) is 17.0 Å². The van der Waals surface area contributed by atoms with Gasteiger partial charge in [-0.2, -0.15) is 0 Å². The largest absolute Gasteiger partial charge is 0.466 e. The summed E-state index contributed by atoms with van der Waals surface area (Å²) in [6.07, 6.45) is 1.57. The molecule has 1 N–H and O–H groups in total. The topological polar surface area (TPSA) is 38.3 Å². The number of thiophene rings is 1. The van der Waals surface area contributed by atoms with Gasteiger partial charge in [-0.25, -0.2) is 0 Å². The first-order chi connectivity index (χ1) is 8.70. The van der Waals surface area contributed by atoms with Gasteiger partial charge in [-0.3, -0.25) is 4.79 Å². The minimum absolute atomic E-state index is 0.117. The van der Waals surface area contributed by atoms with Gasteiger partial charge in [0, 0.05) is 17.8 Å². The quantitative estimate of drug-likeness (QED) is 0.843. The van der Waals surface area contributed by atoms with Crippen LogP contribution in [0.4, 0.5) is 0 Å². The standard InChI is InChI=1S/C13H19NO2S2/c1-3-16-12(15)4-6-14-11-8-9(2)18-13-10(11)5-7-17-13/h5,7,9,11,14H,3-4,6,8H2,1-2H3/t9-,11?/m0/s1. The second-order valence-corrected chi connectivity index (χ2v) is 7.01. The second-order valence-electron chi connectivity index (χ2n) is 4.39. The van der Waals surface area contributed by atoms with Gasteiger partial charge in [0.2, 0.25) is 0 Å². The van der Waals surface area contributed by atoms with Crippen LogP contribution in [-0.4, -0.2) is 24.4 Å². The van der Waals surface area contributed by atoms with Gasteiger partial charge in [-0.15, -0.1) is 23.1 Å². The van der Waals surface area contributed by atoms with Crippen molar-refractivity contribution in [2.45, 2.75) is 42.2 Å². The van der Waals surface area contributed by atoms with E-state index in [1.165, 1.54) is 9.77 Å². The number of hydrogen-bond donors (Lipinski definition) is 1. The zero-order valence-corrected chi connectivity index (χ0v) is 12.4. The van der Waals surface area contributed by atoms with Crippen LogP contribution in [0.1, 0.15) is 38.3 Å². The summed E-state index contributed by atoms with van der Waals surface area (Å²) >= 11 is 3.77. The number of carbonyl (C=O) groups excluding carboxylic acids is 1.